The minimum Gasteiger partial charge on any atom is -0.395 e. The van der Waals surface area contributed by atoms with Crippen LogP contribution in [0.2, 0.25) is 5.02 Å². The van der Waals surface area contributed by atoms with Gasteiger partial charge in [-0.25, -0.2) is 0 Å². The first-order valence-electron chi connectivity index (χ1n) is 3.60. The first-order valence-corrected chi connectivity index (χ1v) is 3.98. The predicted octanol–water partition coefficient (Wildman–Crippen LogP) is 1.61. The Bertz CT molecular complexity index is 273. The SMILES string of the molecule is O=CC(CO)c1ccccc1Cl. The Labute approximate surface area is 75.8 Å². The van der Waals surface area contributed by atoms with Gasteiger partial charge in [0.15, 0.2) is 0 Å². The molecule has 0 aliphatic heterocycles. The largest absolute Gasteiger partial charge is 0.395 e. The van der Waals surface area contributed by atoms with Crippen LogP contribution in [0, 0.1) is 0 Å². The number of halogens is 1. The highest BCUT2D eigenvalue weighted by molar-refractivity contribution is 6.31. The maximum Gasteiger partial charge on any atom is 0.129 e. The Hall–Kier alpha value is -0.860. The zero-order valence-corrected chi connectivity index (χ0v) is 7.16. The molecule has 0 spiro atoms. The molecule has 0 bridgehead atoms. The standard InChI is InChI=1S/C9H9ClO2/c10-9-4-2-1-3-8(9)7(5-11)6-12/h1-5,7,12H,6H2. The molecule has 3 heteroatoms. The highest BCUT2D eigenvalue weighted by Crippen LogP contribution is 2.22. The fraction of sp³-hybridized carbons (Fsp3) is 0.222. The lowest BCUT2D eigenvalue weighted by atomic mass is 10.0. The van der Waals surface area contributed by atoms with Crippen LogP contribution >= 0.6 is 11.6 Å². The molecule has 64 valence electrons. The fourth-order valence-electron chi connectivity index (χ4n) is 0.990. The number of benzene rings is 1. The van der Waals surface area contributed by atoms with E-state index in [0.29, 0.717) is 16.9 Å². The summed E-state index contributed by atoms with van der Waals surface area (Å²) in [6, 6.07) is 7.00. The average molecular weight is 185 g/mol. The number of hydrogen-bond acceptors (Lipinski definition) is 2. The molecule has 0 radical (unpaired) electrons. The van der Waals surface area contributed by atoms with Crippen molar-refractivity contribution in [3.8, 4) is 0 Å². The molecule has 12 heavy (non-hydrogen) atoms. The molecule has 0 aliphatic rings. The highest BCUT2D eigenvalue weighted by atomic mass is 35.5. The quantitative estimate of drug-likeness (QED) is 0.725. The van der Waals surface area contributed by atoms with Crippen molar-refractivity contribution in [2.45, 2.75) is 5.92 Å². The van der Waals surface area contributed by atoms with E-state index in [-0.39, 0.29) is 6.61 Å². The monoisotopic (exact) mass is 184 g/mol. The molecule has 0 saturated carbocycles. The third-order valence-corrected chi connectivity index (χ3v) is 2.01. The summed E-state index contributed by atoms with van der Waals surface area (Å²) in [5.74, 6) is -0.501. The van der Waals surface area contributed by atoms with Gasteiger partial charge in [0.05, 0.1) is 12.5 Å². The minimum atomic E-state index is -0.501. The van der Waals surface area contributed by atoms with Crippen LogP contribution in [-0.2, 0) is 4.79 Å². The number of aliphatic hydroxyl groups excluding tert-OH is 1. The fourth-order valence-corrected chi connectivity index (χ4v) is 1.27. The van der Waals surface area contributed by atoms with Crippen LogP contribution in [0.3, 0.4) is 0 Å². The van der Waals surface area contributed by atoms with Crippen molar-refractivity contribution >= 4 is 17.9 Å². The zero-order chi connectivity index (χ0) is 8.97. The van der Waals surface area contributed by atoms with Gasteiger partial charge in [-0.15, -0.1) is 0 Å². The summed E-state index contributed by atoms with van der Waals surface area (Å²) in [5.41, 5.74) is 0.677. The average Bonchev–Trinajstić information content (AvgIpc) is 2.10. The van der Waals surface area contributed by atoms with E-state index in [1.54, 1.807) is 24.3 Å². The molecule has 1 atom stereocenters. The van der Waals surface area contributed by atoms with Gasteiger partial charge in [-0.1, -0.05) is 29.8 Å². The summed E-state index contributed by atoms with van der Waals surface area (Å²) >= 11 is 5.81. The summed E-state index contributed by atoms with van der Waals surface area (Å²) in [7, 11) is 0. The predicted molar refractivity (Wildman–Crippen MR) is 47.3 cm³/mol. The van der Waals surface area contributed by atoms with Gasteiger partial charge in [-0.3, -0.25) is 0 Å². The molecule has 1 aromatic carbocycles. The lowest BCUT2D eigenvalue weighted by Crippen LogP contribution is -2.05. The molecule has 1 rings (SSSR count). The summed E-state index contributed by atoms with van der Waals surface area (Å²) in [6.45, 7) is -0.201. The summed E-state index contributed by atoms with van der Waals surface area (Å²) in [4.78, 5) is 10.5. The number of carbonyl (C=O) groups excluding carboxylic acids is 1. The Morgan fingerprint density at radius 2 is 2.17 bits per heavy atom. The van der Waals surface area contributed by atoms with E-state index in [4.69, 9.17) is 16.7 Å². The topological polar surface area (TPSA) is 37.3 Å². The molecule has 1 N–H and O–H groups in total. The van der Waals surface area contributed by atoms with Gasteiger partial charge in [0.25, 0.3) is 0 Å². The smallest absolute Gasteiger partial charge is 0.129 e. The maximum absolute atomic E-state index is 10.5. The van der Waals surface area contributed by atoms with Crippen molar-refractivity contribution in [3.05, 3.63) is 34.9 Å². The summed E-state index contributed by atoms with van der Waals surface area (Å²) < 4.78 is 0. The molecule has 0 saturated heterocycles. The van der Waals surface area contributed by atoms with Crippen molar-refractivity contribution in [1.29, 1.82) is 0 Å². The Morgan fingerprint density at radius 3 is 2.67 bits per heavy atom. The van der Waals surface area contributed by atoms with Crippen molar-refractivity contribution in [3.63, 3.8) is 0 Å². The van der Waals surface area contributed by atoms with Gasteiger partial charge >= 0.3 is 0 Å². The summed E-state index contributed by atoms with van der Waals surface area (Å²) in [6.07, 6.45) is 0.696. The van der Waals surface area contributed by atoms with Crippen LogP contribution in [0.5, 0.6) is 0 Å². The summed E-state index contributed by atoms with van der Waals surface area (Å²) in [5, 5.41) is 9.33. The number of aliphatic hydroxyl groups is 1. The van der Waals surface area contributed by atoms with E-state index in [1.807, 2.05) is 0 Å². The Balaban J connectivity index is 3.00. The van der Waals surface area contributed by atoms with Crippen LogP contribution < -0.4 is 0 Å². The molecule has 0 aliphatic carbocycles. The molecular formula is C9H9ClO2. The number of aldehydes is 1. The molecule has 1 aromatic rings. The van der Waals surface area contributed by atoms with Crippen molar-refractivity contribution in [2.75, 3.05) is 6.61 Å². The van der Waals surface area contributed by atoms with Crippen molar-refractivity contribution < 1.29 is 9.90 Å². The molecule has 2 nitrogen and oxygen atoms in total. The minimum absolute atomic E-state index is 0.201. The van der Waals surface area contributed by atoms with E-state index in [9.17, 15) is 4.79 Å². The highest BCUT2D eigenvalue weighted by Gasteiger charge is 2.11. The van der Waals surface area contributed by atoms with Crippen molar-refractivity contribution in [2.24, 2.45) is 0 Å². The first kappa shape index (κ1) is 9.23. The Morgan fingerprint density at radius 1 is 1.50 bits per heavy atom. The van der Waals surface area contributed by atoms with E-state index >= 15 is 0 Å². The van der Waals surface area contributed by atoms with Crippen LogP contribution in [0.4, 0.5) is 0 Å². The van der Waals surface area contributed by atoms with E-state index < -0.39 is 5.92 Å². The molecule has 0 fully saturated rings. The second-order valence-electron chi connectivity index (χ2n) is 2.45. The van der Waals surface area contributed by atoms with Crippen LogP contribution in [0.1, 0.15) is 11.5 Å². The number of carbonyl (C=O) groups is 1. The second-order valence-corrected chi connectivity index (χ2v) is 2.85. The third-order valence-electron chi connectivity index (χ3n) is 1.67. The van der Waals surface area contributed by atoms with Gasteiger partial charge < -0.3 is 9.90 Å². The lowest BCUT2D eigenvalue weighted by molar-refractivity contribution is -0.109. The van der Waals surface area contributed by atoms with Crippen molar-refractivity contribution in [1.82, 2.24) is 0 Å². The normalized spacial score (nSPS) is 12.5. The first-order chi connectivity index (χ1) is 5.79. The molecular weight excluding hydrogens is 176 g/mol. The maximum atomic E-state index is 10.5. The van der Waals surface area contributed by atoms with E-state index in [0.717, 1.165) is 0 Å². The zero-order valence-electron chi connectivity index (χ0n) is 6.40. The van der Waals surface area contributed by atoms with Crippen LogP contribution in [-0.4, -0.2) is 18.0 Å². The molecule has 0 aromatic heterocycles. The second kappa shape index (κ2) is 4.24. The van der Waals surface area contributed by atoms with Gasteiger partial charge in [0.1, 0.15) is 6.29 Å². The molecule has 0 amide bonds. The molecule has 0 heterocycles. The number of hydrogen-bond donors (Lipinski definition) is 1. The van der Waals surface area contributed by atoms with Gasteiger partial charge in [-0.2, -0.15) is 0 Å². The Kier molecular flexibility index (Phi) is 3.26. The molecule has 1 unspecified atom stereocenters. The van der Waals surface area contributed by atoms with Crippen LogP contribution in [0.25, 0.3) is 0 Å². The van der Waals surface area contributed by atoms with Gasteiger partial charge in [0.2, 0.25) is 0 Å². The van der Waals surface area contributed by atoms with Crippen LogP contribution in [0.15, 0.2) is 24.3 Å². The van der Waals surface area contributed by atoms with E-state index in [1.165, 1.54) is 0 Å². The van der Waals surface area contributed by atoms with E-state index in [2.05, 4.69) is 0 Å². The van der Waals surface area contributed by atoms with Gasteiger partial charge in [0, 0.05) is 5.02 Å². The number of rotatable bonds is 3. The lowest BCUT2D eigenvalue weighted by Gasteiger charge is -2.07. The van der Waals surface area contributed by atoms with Gasteiger partial charge in [-0.05, 0) is 11.6 Å². The third kappa shape index (κ3) is 1.84.